The molecule has 0 amide bonds. The highest BCUT2D eigenvalue weighted by atomic mass is 127. The van der Waals surface area contributed by atoms with Crippen LogP contribution in [0, 0.1) is 0 Å². The van der Waals surface area contributed by atoms with Crippen LogP contribution in [0.2, 0.25) is 0 Å². The first-order chi connectivity index (χ1) is 12.6. The lowest BCUT2D eigenvalue weighted by atomic mass is 10.2. The van der Waals surface area contributed by atoms with Crippen molar-refractivity contribution in [3.05, 3.63) is 42.0 Å². The second-order valence-corrected chi connectivity index (χ2v) is 6.15. The predicted octanol–water partition coefficient (Wildman–Crippen LogP) is 1.63. The molecular weight excluding hydrogens is 457 g/mol. The highest BCUT2D eigenvalue weighted by Crippen LogP contribution is 2.14. The van der Waals surface area contributed by atoms with Gasteiger partial charge in [-0.05, 0) is 38.7 Å². The summed E-state index contributed by atoms with van der Waals surface area (Å²) >= 11 is 0. The summed E-state index contributed by atoms with van der Waals surface area (Å²) in [5, 5.41) is 10.6. The van der Waals surface area contributed by atoms with Crippen molar-refractivity contribution in [3.63, 3.8) is 0 Å². The molecule has 2 aromatic rings. The Balaban J connectivity index is 0.00000364. The van der Waals surface area contributed by atoms with Crippen LogP contribution >= 0.6 is 24.0 Å². The largest absolute Gasteiger partial charge is 0.492 e. The van der Waals surface area contributed by atoms with Crippen molar-refractivity contribution in [2.24, 2.45) is 12.0 Å². The molecule has 0 aliphatic rings. The highest BCUT2D eigenvalue weighted by molar-refractivity contribution is 14.0. The molecule has 0 fully saturated rings. The first-order valence-electron chi connectivity index (χ1n) is 8.80. The van der Waals surface area contributed by atoms with Crippen LogP contribution in [0.25, 0.3) is 0 Å². The summed E-state index contributed by atoms with van der Waals surface area (Å²) < 4.78 is 7.52. The van der Waals surface area contributed by atoms with E-state index in [1.807, 2.05) is 46.3 Å². The van der Waals surface area contributed by atoms with Crippen LogP contribution in [0.4, 0.5) is 0 Å². The van der Waals surface area contributed by atoms with Crippen LogP contribution in [0.5, 0.6) is 5.75 Å². The summed E-state index contributed by atoms with van der Waals surface area (Å²) in [6, 6.07) is 8.05. The van der Waals surface area contributed by atoms with E-state index in [4.69, 9.17) is 4.74 Å². The summed E-state index contributed by atoms with van der Waals surface area (Å²) in [5.74, 6) is 2.47. The van der Waals surface area contributed by atoms with E-state index in [1.54, 1.807) is 11.0 Å². The van der Waals surface area contributed by atoms with E-state index in [0.717, 1.165) is 36.2 Å². The van der Waals surface area contributed by atoms with Crippen LogP contribution in [0.15, 0.2) is 35.6 Å². The monoisotopic (exact) mass is 487 g/mol. The molecule has 27 heavy (non-hydrogen) atoms. The predicted molar refractivity (Wildman–Crippen MR) is 119 cm³/mol. The molecule has 2 rings (SSSR count). The maximum absolute atomic E-state index is 5.78. The van der Waals surface area contributed by atoms with E-state index in [0.29, 0.717) is 19.7 Å². The molecule has 0 bridgehead atoms. The highest BCUT2D eigenvalue weighted by Gasteiger charge is 2.03. The molecule has 1 aromatic heterocycles. The van der Waals surface area contributed by atoms with Crippen molar-refractivity contribution in [3.8, 4) is 5.75 Å². The normalized spacial score (nSPS) is 11.2. The third-order valence-electron chi connectivity index (χ3n) is 3.69. The Morgan fingerprint density at radius 2 is 2.11 bits per heavy atom. The molecule has 0 saturated carbocycles. The van der Waals surface area contributed by atoms with Gasteiger partial charge < -0.3 is 20.3 Å². The smallest absolute Gasteiger partial charge is 0.191 e. The van der Waals surface area contributed by atoms with Gasteiger partial charge in [0.1, 0.15) is 24.5 Å². The van der Waals surface area contributed by atoms with Gasteiger partial charge in [0.15, 0.2) is 5.96 Å². The molecule has 0 unspecified atom stereocenters. The van der Waals surface area contributed by atoms with Crippen molar-refractivity contribution in [1.29, 1.82) is 0 Å². The lowest BCUT2D eigenvalue weighted by Gasteiger charge is -2.12. The number of hydrogen-bond acceptors (Lipinski definition) is 5. The summed E-state index contributed by atoms with van der Waals surface area (Å²) in [6.45, 7) is 5.52. The third kappa shape index (κ3) is 8.57. The number of likely N-dealkylation sites (N-methyl/N-ethyl adjacent to an activating group) is 1. The summed E-state index contributed by atoms with van der Waals surface area (Å²) in [7, 11) is 5.94. The van der Waals surface area contributed by atoms with Crippen LogP contribution in [-0.2, 0) is 20.1 Å². The van der Waals surface area contributed by atoms with Gasteiger partial charge in [0.2, 0.25) is 0 Å². The number of nitrogens with one attached hydrogen (secondary N) is 2. The number of guanidine groups is 1. The zero-order chi connectivity index (χ0) is 18.8. The standard InChI is InChI=1S/C18H29N7O.HI/c1-5-19-18(21-13-17-22-14-23-25(17)4)20-12-15-7-6-8-16(11-15)26-10-9-24(2)3;/h6-8,11,14H,5,9-10,12-13H2,1-4H3,(H2,19,20,21);1H. The molecule has 0 radical (unpaired) electrons. The minimum Gasteiger partial charge on any atom is -0.492 e. The fourth-order valence-corrected chi connectivity index (χ4v) is 2.23. The Hall–Kier alpha value is -1.88. The molecule has 8 nitrogen and oxygen atoms in total. The van der Waals surface area contributed by atoms with Gasteiger partial charge in [-0.15, -0.1) is 24.0 Å². The van der Waals surface area contributed by atoms with Crippen molar-refractivity contribution in [2.75, 3.05) is 33.8 Å². The average Bonchev–Trinajstić information content (AvgIpc) is 3.02. The van der Waals surface area contributed by atoms with E-state index >= 15 is 0 Å². The molecule has 1 aromatic carbocycles. The van der Waals surface area contributed by atoms with Crippen molar-refractivity contribution in [1.82, 2.24) is 30.3 Å². The van der Waals surface area contributed by atoms with E-state index in [9.17, 15) is 0 Å². The number of hydrogen-bond donors (Lipinski definition) is 2. The number of aliphatic imine (C=N–C) groups is 1. The van der Waals surface area contributed by atoms with Gasteiger partial charge in [-0.3, -0.25) is 4.68 Å². The first-order valence-corrected chi connectivity index (χ1v) is 8.80. The minimum atomic E-state index is 0. The van der Waals surface area contributed by atoms with Crippen LogP contribution in [-0.4, -0.2) is 59.4 Å². The Labute approximate surface area is 178 Å². The number of benzene rings is 1. The lowest BCUT2D eigenvalue weighted by molar-refractivity contribution is 0.261. The number of aryl methyl sites for hydroxylation is 1. The van der Waals surface area contributed by atoms with Gasteiger partial charge in [-0.1, -0.05) is 12.1 Å². The molecule has 1 heterocycles. The number of aromatic nitrogens is 3. The Kier molecular flexibility index (Phi) is 10.7. The van der Waals surface area contributed by atoms with Crippen molar-refractivity contribution >= 4 is 29.9 Å². The van der Waals surface area contributed by atoms with Gasteiger partial charge in [-0.2, -0.15) is 5.10 Å². The molecule has 0 aliphatic heterocycles. The Morgan fingerprint density at radius 1 is 1.30 bits per heavy atom. The molecule has 0 atom stereocenters. The fraction of sp³-hybridized carbons (Fsp3) is 0.500. The van der Waals surface area contributed by atoms with Gasteiger partial charge in [-0.25, -0.2) is 9.98 Å². The summed E-state index contributed by atoms with van der Waals surface area (Å²) in [5.41, 5.74) is 1.10. The number of halogens is 1. The fourth-order valence-electron chi connectivity index (χ4n) is 2.23. The second-order valence-electron chi connectivity index (χ2n) is 6.15. The SMILES string of the molecule is CCNC(=NCc1cccc(OCCN(C)C)c1)NCc1ncnn1C.I. The molecular formula is C18H30IN7O. The average molecular weight is 487 g/mol. The molecule has 0 saturated heterocycles. The maximum Gasteiger partial charge on any atom is 0.191 e. The second kappa shape index (κ2) is 12.5. The van der Waals surface area contributed by atoms with Gasteiger partial charge >= 0.3 is 0 Å². The first kappa shape index (κ1) is 23.2. The van der Waals surface area contributed by atoms with Crippen molar-refractivity contribution < 1.29 is 4.74 Å². The van der Waals surface area contributed by atoms with Gasteiger partial charge in [0.05, 0.1) is 13.1 Å². The van der Waals surface area contributed by atoms with Crippen molar-refractivity contribution in [2.45, 2.75) is 20.0 Å². The zero-order valence-electron chi connectivity index (χ0n) is 16.5. The Morgan fingerprint density at radius 3 is 2.78 bits per heavy atom. The van der Waals surface area contributed by atoms with E-state index in [-0.39, 0.29) is 24.0 Å². The van der Waals surface area contributed by atoms with Gasteiger partial charge in [0.25, 0.3) is 0 Å². The third-order valence-corrected chi connectivity index (χ3v) is 3.69. The van der Waals surface area contributed by atoms with Crippen LogP contribution < -0.4 is 15.4 Å². The van der Waals surface area contributed by atoms with E-state index in [2.05, 4.69) is 36.7 Å². The minimum absolute atomic E-state index is 0. The topological polar surface area (TPSA) is 79.6 Å². The van der Waals surface area contributed by atoms with Crippen LogP contribution in [0.3, 0.4) is 0 Å². The van der Waals surface area contributed by atoms with Crippen LogP contribution in [0.1, 0.15) is 18.3 Å². The quantitative estimate of drug-likeness (QED) is 0.318. The van der Waals surface area contributed by atoms with Gasteiger partial charge in [0, 0.05) is 20.1 Å². The molecule has 2 N–H and O–H groups in total. The maximum atomic E-state index is 5.78. The molecule has 9 heteroatoms. The van der Waals surface area contributed by atoms with E-state index < -0.39 is 0 Å². The molecule has 150 valence electrons. The number of rotatable bonds is 9. The van der Waals surface area contributed by atoms with E-state index in [1.165, 1.54) is 0 Å². The number of nitrogens with zero attached hydrogens (tertiary/aromatic N) is 5. The Bertz CT molecular complexity index is 703. The zero-order valence-corrected chi connectivity index (χ0v) is 18.8. The summed E-state index contributed by atoms with van der Waals surface area (Å²) in [6.07, 6.45) is 1.54. The molecule has 0 aliphatic carbocycles. The molecule has 0 spiro atoms. The summed E-state index contributed by atoms with van der Waals surface area (Å²) in [4.78, 5) is 10.9. The number of ether oxygens (including phenoxy) is 1. The lowest BCUT2D eigenvalue weighted by Crippen LogP contribution is -2.37.